The Bertz CT molecular complexity index is 692. The van der Waals surface area contributed by atoms with E-state index >= 15 is 0 Å². The van der Waals surface area contributed by atoms with Gasteiger partial charge in [-0.3, -0.25) is 4.79 Å². The third kappa shape index (κ3) is 3.88. The molecule has 1 amide bonds. The number of anilines is 1. The maximum absolute atomic E-state index is 12.3. The topological polar surface area (TPSA) is 38.3 Å². The molecular formula is C19H23NO2. The average molecular weight is 297 g/mol. The van der Waals surface area contributed by atoms with Crippen LogP contribution in [0.3, 0.4) is 0 Å². The summed E-state index contributed by atoms with van der Waals surface area (Å²) in [4.78, 5) is 12.3. The fourth-order valence-electron chi connectivity index (χ4n) is 2.36. The first-order valence-electron chi connectivity index (χ1n) is 7.49. The van der Waals surface area contributed by atoms with Crippen molar-refractivity contribution in [2.45, 2.75) is 40.7 Å². The van der Waals surface area contributed by atoms with Crippen molar-refractivity contribution in [2.75, 3.05) is 5.32 Å². The molecule has 0 aliphatic carbocycles. The summed E-state index contributed by atoms with van der Waals surface area (Å²) < 4.78 is 5.79. The van der Waals surface area contributed by atoms with Crippen LogP contribution < -0.4 is 10.1 Å². The Labute approximate surface area is 132 Å². The number of carbonyl (C=O) groups is 1. The molecule has 0 aromatic heterocycles. The van der Waals surface area contributed by atoms with Gasteiger partial charge in [-0.15, -0.1) is 0 Å². The Kier molecular flexibility index (Phi) is 4.86. The van der Waals surface area contributed by atoms with Gasteiger partial charge in [0, 0.05) is 5.69 Å². The van der Waals surface area contributed by atoms with Crippen LogP contribution in [-0.2, 0) is 4.79 Å². The van der Waals surface area contributed by atoms with Crippen LogP contribution in [0.25, 0.3) is 0 Å². The van der Waals surface area contributed by atoms with Crippen molar-refractivity contribution in [3.05, 3.63) is 58.7 Å². The zero-order valence-electron chi connectivity index (χ0n) is 13.9. The number of rotatable bonds is 4. The third-order valence-corrected chi connectivity index (χ3v) is 3.64. The lowest BCUT2D eigenvalue weighted by atomic mass is 10.1. The van der Waals surface area contributed by atoms with Crippen molar-refractivity contribution >= 4 is 11.6 Å². The highest BCUT2D eigenvalue weighted by atomic mass is 16.5. The van der Waals surface area contributed by atoms with Gasteiger partial charge in [-0.05, 0) is 57.9 Å². The lowest BCUT2D eigenvalue weighted by Crippen LogP contribution is -2.30. The molecule has 0 aliphatic rings. The van der Waals surface area contributed by atoms with Gasteiger partial charge in [0.1, 0.15) is 5.75 Å². The van der Waals surface area contributed by atoms with E-state index < -0.39 is 6.10 Å². The number of amides is 1. The van der Waals surface area contributed by atoms with Crippen molar-refractivity contribution in [3.8, 4) is 5.75 Å². The number of hydrogen-bond acceptors (Lipinski definition) is 2. The van der Waals surface area contributed by atoms with Gasteiger partial charge in [-0.25, -0.2) is 0 Å². The van der Waals surface area contributed by atoms with Crippen molar-refractivity contribution in [1.82, 2.24) is 0 Å². The minimum atomic E-state index is -0.554. The van der Waals surface area contributed by atoms with E-state index in [1.165, 1.54) is 11.1 Å². The molecule has 0 unspecified atom stereocenters. The molecule has 2 rings (SSSR count). The van der Waals surface area contributed by atoms with Crippen LogP contribution in [0, 0.1) is 27.7 Å². The summed E-state index contributed by atoms with van der Waals surface area (Å²) in [7, 11) is 0. The quantitative estimate of drug-likeness (QED) is 0.912. The highest BCUT2D eigenvalue weighted by Crippen LogP contribution is 2.21. The molecule has 3 nitrogen and oxygen atoms in total. The van der Waals surface area contributed by atoms with Gasteiger partial charge in [0.2, 0.25) is 0 Å². The second-order valence-electron chi connectivity index (χ2n) is 5.84. The first-order valence-corrected chi connectivity index (χ1v) is 7.49. The molecule has 0 saturated carbocycles. The molecule has 0 fully saturated rings. The monoisotopic (exact) mass is 297 g/mol. The molecule has 2 aromatic carbocycles. The summed E-state index contributed by atoms with van der Waals surface area (Å²) in [5.41, 5.74) is 5.26. The molecular weight excluding hydrogens is 274 g/mol. The van der Waals surface area contributed by atoms with Crippen LogP contribution in [0.15, 0.2) is 36.4 Å². The zero-order chi connectivity index (χ0) is 16.3. The van der Waals surface area contributed by atoms with Crippen LogP contribution in [-0.4, -0.2) is 12.0 Å². The number of nitrogens with one attached hydrogen (secondary N) is 1. The molecule has 0 saturated heterocycles. The molecule has 1 atom stereocenters. The molecule has 0 aliphatic heterocycles. The van der Waals surface area contributed by atoms with Crippen molar-refractivity contribution < 1.29 is 9.53 Å². The van der Waals surface area contributed by atoms with E-state index in [-0.39, 0.29) is 5.91 Å². The smallest absolute Gasteiger partial charge is 0.265 e. The molecule has 1 N–H and O–H groups in total. The molecule has 0 bridgehead atoms. The standard InChI is InChI=1S/C19H23NO2/c1-12-6-8-17(14(3)10-12)20-19(21)16(5)22-18-9-7-13(2)11-15(18)4/h6-11,16H,1-5H3,(H,20,21)/t16-/m0/s1. The second-order valence-corrected chi connectivity index (χ2v) is 5.84. The number of aryl methyl sites for hydroxylation is 4. The minimum Gasteiger partial charge on any atom is -0.481 e. The van der Waals surface area contributed by atoms with Crippen LogP contribution in [0.1, 0.15) is 29.2 Å². The summed E-state index contributed by atoms with van der Waals surface area (Å²) >= 11 is 0. The summed E-state index contributed by atoms with van der Waals surface area (Å²) in [6, 6.07) is 11.9. The minimum absolute atomic E-state index is 0.146. The van der Waals surface area contributed by atoms with Gasteiger partial charge in [0.25, 0.3) is 5.91 Å². The maximum atomic E-state index is 12.3. The van der Waals surface area contributed by atoms with E-state index in [2.05, 4.69) is 5.32 Å². The first-order chi connectivity index (χ1) is 10.4. The largest absolute Gasteiger partial charge is 0.481 e. The summed E-state index contributed by atoms with van der Waals surface area (Å²) in [6.07, 6.45) is -0.554. The van der Waals surface area contributed by atoms with Crippen molar-refractivity contribution in [3.63, 3.8) is 0 Å². The van der Waals surface area contributed by atoms with E-state index in [1.807, 2.05) is 64.1 Å². The summed E-state index contributed by atoms with van der Waals surface area (Å²) in [5.74, 6) is 0.598. The number of hydrogen-bond donors (Lipinski definition) is 1. The van der Waals surface area contributed by atoms with E-state index in [9.17, 15) is 4.79 Å². The maximum Gasteiger partial charge on any atom is 0.265 e. The highest BCUT2D eigenvalue weighted by molar-refractivity contribution is 5.94. The molecule has 22 heavy (non-hydrogen) atoms. The second kappa shape index (κ2) is 6.65. The predicted molar refractivity (Wildman–Crippen MR) is 90.6 cm³/mol. The Hall–Kier alpha value is -2.29. The Balaban J connectivity index is 2.05. The van der Waals surface area contributed by atoms with Gasteiger partial charge in [0.15, 0.2) is 6.10 Å². The van der Waals surface area contributed by atoms with Crippen molar-refractivity contribution in [1.29, 1.82) is 0 Å². The van der Waals surface area contributed by atoms with Gasteiger partial charge < -0.3 is 10.1 Å². The number of ether oxygens (including phenoxy) is 1. The summed E-state index contributed by atoms with van der Waals surface area (Å²) in [6.45, 7) is 9.80. The lowest BCUT2D eigenvalue weighted by molar-refractivity contribution is -0.122. The van der Waals surface area contributed by atoms with E-state index in [0.29, 0.717) is 0 Å². The normalized spacial score (nSPS) is 11.9. The number of carbonyl (C=O) groups excluding carboxylic acids is 1. The first kappa shape index (κ1) is 16.1. The van der Waals surface area contributed by atoms with Crippen LogP contribution in [0.4, 0.5) is 5.69 Å². The Morgan fingerprint density at radius 2 is 1.55 bits per heavy atom. The van der Waals surface area contributed by atoms with Crippen molar-refractivity contribution in [2.24, 2.45) is 0 Å². The summed E-state index contributed by atoms with van der Waals surface area (Å²) in [5, 5.41) is 2.92. The average Bonchev–Trinajstić information content (AvgIpc) is 2.44. The fourth-order valence-corrected chi connectivity index (χ4v) is 2.36. The van der Waals surface area contributed by atoms with Gasteiger partial charge in [-0.1, -0.05) is 35.4 Å². The van der Waals surface area contributed by atoms with E-state index in [4.69, 9.17) is 4.74 Å². The molecule has 0 spiro atoms. The molecule has 0 radical (unpaired) electrons. The van der Waals surface area contributed by atoms with Crippen LogP contribution in [0.2, 0.25) is 0 Å². The van der Waals surface area contributed by atoms with Crippen LogP contribution >= 0.6 is 0 Å². The SMILES string of the molecule is Cc1ccc(NC(=O)[C@H](C)Oc2ccc(C)cc2C)c(C)c1. The number of benzene rings is 2. The molecule has 116 valence electrons. The van der Waals surface area contributed by atoms with Crippen LogP contribution in [0.5, 0.6) is 5.75 Å². The van der Waals surface area contributed by atoms with Gasteiger partial charge >= 0.3 is 0 Å². The third-order valence-electron chi connectivity index (χ3n) is 3.64. The molecule has 3 heteroatoms. The lowest BCUT2D eigenvalue weighted by Gasteiger charge is -2.17. The van der Waals surface area contributed by atoms with E-state index in [0.717, 1.165) is 22.6 Å². The van der Waals surface area contributed by atoms with E-state index in [1.54, 1.807) is 6.92 Å². The fraction of sp³-hybridized carbons (Fsp3) is 0.316. The van der Waals surface area contributed by atoms with Gasteiger partial charge in [-0.2, -0.15) is 0 Å². The predicted octanol–water partition coefficient (Wildman–Crippen LogP) is 4.33. The highest BCUT2D eigenvalue weighted by Gasteiger charge is 2.16. The molecule has 0 heterocycles. The van der Waals surface area contributed by atoms with Gasteiger partial charge in [0.05, 0.1) is 0 Å². The Morgan fingerprint density at radius 1 is 0.955 bits per heavy atom. The Morgan fingerprint density at radius 3 is 2.14 bits per heavy atom. The molecule has 2 aromatic rings. The zero-order valence-corrected chi connectivity index (χ0v) is 13.9.